The van der Waals surface area contributed by atoms with Crippen LogP contribution in [0.15, 0.2) is 30.6 Å². The lowest BCUT2D eigenvalue weighted by molar-refractivity contribution is 0.803. The van der Waals surface area contributed by atoms with Crippen molar-refractivity contribution in [2.75, 3.05) is 5.73 Å². The third kappa shape index (κ3) is 1.38. The number of aromatic nitrogens is 3. The smallest absolute Gasteiger partial charge is 0.0697 e. The minimum Gasteiger partial charge on any atom is -0.398 e. The minimum absolute atomic E-state index is 0.771. The van der Waals surface area contributed by atoms with E-state index in [2.05, 4.69) is 10.3 Å². The molecule has 0 bridgehead atoms. The van der Waals surface area contributed by atoms with E-state index in [-0.39, 0.29) is 0 Å². The van der Waals surface area contributed by atoms with E-state index in [4.69, 9.17) is 5.73 Å². The Hall–Kier alpha value is -1.84. The summed E-state index contributed by atoms with van der Waals surface area (Å²) in [6.45, 7) is 1.97. The van der Waals surface area contributed by atoms with Crippen LogP contribution in [-0.2, 0) is 0 Å². The fourth-order valence-corrected chi connectivity index (χ4v) is 1.12. The summed E-state index contributed by atoms with van der Waals surface area (Å²) in [4.78, 5) is 0. The molecule has 0 aliphatic rings. The number of nitrogens with zero attached hydrogens (tertiary/aromatic N) is 3. The Labute approximate surface area is 76.0 Å². The molecule has 0 atom stereocenters. The Balaban J connectivity index is 2.49. The standard InChI is InChI=1S/C9H10N4/c1-7-2-3-8(6-9(7)10)13-5-4-11-12-13/h2-6H,10H2,1H3. The van der Waals surface area contributed by atoms with Gasteiger partial charge in [0.25, 0.3) is 0 Å². The first-order valence-electron chi connectivity index (χ1n) is 4.00. The van der Waals surface area contributed by atoms with Gasteiger partial charge < -0.3 is 5.73 Å². The molecule has 66 valence electrons. The fourth-order valence-electron chi connectivity index (χ4n) is 1.12. The summed E-state index contributed by atoms with van der Waals surface area (Å²) in [7, 11) is 0. The summed E-state index contributed by atoms with van der Waals surface area (Å²) in [5.74, 6) is 0. The van der Waals surface area contributed by atoms with Gasteiger partial charge in [-0.1, -0.05) is 11.3 Å². The Morgan fingerprint density at radius 3 is 2.85 bits per heavy atom. The molecule has 0 radical (unpaired) electrons. The lowest BCUT2D eigenvalue weighted by atomic mass is 10.2. The van der Waals surface area contributed by atoms with E-state index in [1.54, 1.807) is 17.1 Å². The highest BCUT2D eigenvalue weighted by Gasteiger charge is 1.98. The fraction of sp³-hybridized carbons (Fsp3) is 0.111. The van der Waals surface area contributed by atoms with Crippen LogP contribution < -0.4 is 5.73 Å². The first-order valence-corrected chi connectivity index (χ1v) is 4.00. The third-order valence-corrected chi connectivity index (χ3v) is 1.95. The molecule has 0 aliphatic heterocycles. The van der Waals surface area contributed by atoms with Gasteiger partial charge in [-0.05, 0) is 24.6 Å². The molecule has 2 rings (SSSR count). The molecule has 4 heteroatoms. The Kier molecular flexibility index (Phi) is 1.73. The lowest BCUT2D eigenvalue weighted by Crippen LogP contribution is -1.97. The lowest BCUT2D eigenvalue weighted by Gasteiger charge is -2.03. The van der Waals surface area contributed by atoms with Crippen LogP contribution in [0.1, 0.15) is 5.56 Å². The second-order valence-corrected chi connectivity index (χ2v) is 2.89. The van der Waals surface area contributed by atoms with Crippen LogP contribution in [0.3, 0.4) is 0 Å². The van der Waals surface area contributed by atoms with Crippen LogP contribution in [0.25, 0.3) is 5.69 Å². The number of nitrogens with two attached hydrogens (primary N) is 1. The third-order valence-electron chi connectivity index (χ3n) is 1.95. The number of anilines is 1. The van der Waals surface area contributed by atoms with Crippen molar-refractivity contribution < 1.29 is 0 Å². The highest BCUT2D eigenvalue weighted by molar-refractivity contribution is 5.52. The quantitative estimate of drug-likeness (QED) is 0.660. The van der Waals surface area contributed by atoms with Gasteiger partial charge in [0, 0.05) is 5.69 Å². The molecule has 1 heterocycles. The maximum Gasteiger partial charge on any atom is 0.0697 e. The van der Waals surface area contributed by atoms with Crippen molar-refractivity contribution >= 4 is 5.69 Å². The van der Waals surface area contributed by atoms with Gasteiger partial charge >= 0.3 is 0 Å². The van der Waals surface area contributed by atoms with Crippen LogP contribution in [0, 0.1) is 6.92 Å². The van der Waals surface area contributed by atoms with Gasteiger partial charge in [0.1, 0.15) is 0 Å². The Morgan fingerprint density at radius 1 is 1.38 bits per heavy atom. The number of nitrogen functional groups attached to an aromatic ring is 1. The van der Waals surface area contributed by atoms with E-state index in [1.165, 1.54) is 0 Å². The summed E-state index contributed by atoms with van der Waals surface area (Å²) in [5, 5.41) is 7.59. The summed E-state index contributed by atoms with van der Waals surface area (Å²) in [5.41, 5.74) is 8.54. The monoisotopic (exact) mass is 174 g/mol. The maximum atomic E-state index is 5.77. The van der Waals surface area contributed by atoms with Gasteiger partial charge in [-0.2, -0.15) is 0 Å². The first-order chi connectivity index (χ1) is 6.27. The van der Waals surface area contributed by atoms with Gasteiger partial charge in [-0.3, -0.25) is 0 Å². The van der Waals surface area contributed by atoms with Crippen molar-refractivity contribution in [1.29, 1.82) is 0 Å². The van der Waals surface area contributed by atoms with Crippen LogP contribution in [0.4, 0.5) is 5.69 Å². The average molecular weight is 174 g/mol. The van der Waals surface area contributed by atoms with Crippen molar-refractivity contribution in [3.63, 3.8) is 0 Å². The van der Waals surface area contributed by atoms with E-state index in [0.717, 1.165) is 16.9 Å². The zero-order valence-corrected chi connectivity index (χ0v) is 7.31. The molecule has 2 aromatic rings. The van der Waals surface area contributed by atoms with Crippen LogP contribution in [-0.4, -0.2) is 15.0 Å². The largest absolute Gasteiger partial charge is 0.398 e. The van der Waals surface area contributed by atoms with Crippen molar-refractivity contribution in [2.45, 2.75) is 6.92 Å². The zero-order valence-electron chi connectivity index (χ0n) is 7.31. The highest BCUT2D eigenvalue weighted by atomic mass is 15.4. The number of aryl methyl sites for hydroxylation is 1. The molecule has 0 fully saturated rings. The van der Waals surface area contributed by atoms with Crippen molar-refractivity contribution in [2.24, 2.45) is 0 Å². The SMILES string of the molecule is Cc1ccc(-n2ccnn2)cc1N. The number of hydrogen-bond acceptors (Lipinski definition) is 3. The van der Waals surface area contributed by atoms with Gasteiger partial charge in [-0.15, -0.1) is 5.10 Å². The first kappa shape index (κ1) is 7.79. The normalized spacial score (nSPS) is 10.2. The van der Waals surface area contributed by atoms with E-state index in [9.17, 15) is 0 Å². The molecule has 0 saturated heterocycles. The van der Waals surface area contributed by atoms with Crippen LogP contribution in [0.5, 0.6) is 0 Å². The van der Waals surface area contributed by atoms with E-state index < -0.39 is 0 Å². The maximum absolute atomic E-state index is 5.77. The van der Waals surface area contributed by atoms with Crippen LogP contribution >= 0.6 is 0 Å². The van der Waals surface area contributed by atoms with E-state index in [1.807, 2.05) is 25.1 Å². The summed E-state index contributed by atoms with van der Waals surface area (Å²) in [6.07, 6.45) is 3.42. The van der Waals surface area contributed by atoms with Crippen molar-refractivity contribution in [1.82, 2.24) is 15.0 Å². The van der Waals surface area contributed by atoms with Crippen molar-refractivity contribution in [3.8, 4) is 5.69 Å². The van der Waals surface area contributed by atoms with Gasteiger partial charge in [-0.25, -0.2) is 4.68 Å². The topological polar surface area (TPSA) is 56.7 Å². The molecule has 0 amide bonds. The molecule has 2 N–H and O–H groups in total. The molecule has 0 spiro atoms. The molecule has 0 unspecified atom stereocenters. The second kappa shape index (κ2) is 2.90. The Bertz CT molecular complexity index is 406. The summed E-state index contributed by atoms with van der Waals surface area (Å²) >= 11 is 0. The van der Waals surface area contributed by atoms with Crippen LogP contribution in [0.2, 0.25) is 0 Å². The summed E-state index contributed by atoms with van der Waals surface area (Å²) < 4.78 is 1.68. The number of rotatable bonds is 1. The summed E-state index contributed by atoms with van der Waals surface area (Å²) in [6, 6.07) is 5.80. The molecular weight excluding hydrogens is 164 g/mol. The minimum atomic E-state index is 0.771. The van der Waals surface area contributed by atoms with Gasteiger partial charge in [0.05, 0.1) is 18.1 Å². The number of benzene rings is 1. The number of hydrogen-bond donors (Lipinski definition) is 1. The van der Waals surface area contributed by atoms with Gasteiger partial charge in [0.2, 0.25) is 0 Å². The van der Waals surface area contributed by atoms with Gasteiger partial charge in [0.15, 0.2) is 0 Å². The predicted octanol–water partition coefficient (Wildman–Crippen LogP) is 1.16. The van der Waals surface area contributed by atoms with E-state index >= 15 is 0 Å². The van der Waals surface area contributed by atoms with E-state index in [0.29, 0.717) is 0 Å². The second-order valence-electron chi connectivity index (χ2n) is 2.89. The molecular formula is C9H10N4. The Morgan fingerprint density at radius 2 is 2.23 bits per heavy atom. The highest BCUT2D eigenvalue weighted by Crippen LogP contribution is 2.14. The average Bonchev–Trinajstić information content (AvgIpc) is 2.62. The molecule has 1 aromatic heterocycles. The molecule has 0 saturated carbocycles. The molecule has 0 aliphatic carbocycles. The van der Waals surface area contributed by atoms with Crippen molar-refractivity contribution in [3.05, 3.63) is 36.2 Å². The predicted molar refractivity (Wildman–Crippen MR) is 50.5 cm³/mol. The molecule has 4 nitrogen and oxygen atoms in total. The zero-order chi connectivity index (χ0) is 9.26. The molecule has 13 heavy (non-hydrogen) atoms. The molecule has 1 aromatic carbocycles.